The van der Waals surface area contributed by atoms with Crippen molar-refractivity contribution in [3.8, 4) is 11.5 Å². The summed E-state index contributed by atoms with van der Waals surface area (Å²) in [6, 6.07) is 24.5. The van der Waals surface area contributed by atoms with Crippen LogP contribution in [0.4, 0.5) is 4.79 Å². The monoisotopic (exact) mass is 509 g/mol. The van der Waals surface area contributed by atoms with Crippen molar-refractivity contribution in [3.63, 3.8) is 0 Å². The summed E-state index contributed by atoms with van der Waals surface area (Å²) >= 11 is 4.33. The minimum absolute atomic E-state index is 0.240. The molecule has 0 atom stereocenters. The number of ether oxygens (including phenoxy) is 2. The molecule has 0 unspecified atom stereocenters. The van der Waals surface area contributed by atoms with Gasteiger partial charge in [0, 0.05) is 10.0 Å². The third-order valence-corrected chi connectivity index (χ3v) is 6.12. The van der Waals surface area contributed by atoms with Crippen LogP contribution in [0, 0.1) is 0 Å². The van der Waals surface area contributed by atoms with Crippen molar-refractivity contribution >= 4 is 44.9 Å². The summed E-state index contributed by atoms with van der Waals surface area (Å²) in [5.41, 5.74) is 1.63. The predicted molar refractivity (Wildman–Crippen MR) is 130 cm³/mol. The molecule has 0 saturated carbocycles. The minimum atomic E-state index is -0.301. The van der Waals surface area contributed by atoms with E-state index in [0.29, 0.717) is 23.9 Å². The molecule has 3 aromatic carbocycles. The number of benzene rings is 3. The molecule has 3 aromatic rings. The lowest BCUT2D eigenvalue weighted by Crippen LogP contribution is -2.27. The van der Waals surface area contributed by atoms with Gasteiger partial charge in [-0.05, 0) is 53.7 Å². The molecule has 1 fully saturated rings. The molecule has 0 spiro atoms. The average Bonchev–Trinajstić information content (AvgIpc) is 3.07. The van der Waals surface area contributed by atoms with Crippen LogP contribution < -0.4 is 9.47 Å². The minimum Gasteiger partial charge on any atom is -0.490 e. The molecule has 32 heavy (non-hydrogen) atoms. The van der Waals surface area contributed by atoms with E-state index in [1.54, 1.807) is 6.08 Å². The molecule has 0 N–H and O–H groups in total. The molecule has 1 aliphatic heterocycles. The third-order valence-electron chi connectivity index (χ3n) is 4.69. The molecule has 0 radical (unpaired) electrons. The fraction of sp³-hybridized carbons (Fsp3) is 0.120. The third kappa shape index (κ3) is 5.60. The Bertz CT molecular complexity index is 1130. The highest BCUT2D eigenvalue weighted by molar-refractivity contribution is 9.10. The lowest BCUT2D eigenvalue weighted by molar-refractivity contribution is -0.123. The van der Waals surface area contributed by atoms with Crippen molar-refractivity contribution in [2.24, 2.45) is 0 Å². The highest BCUT2D eigenvalue weighted by atomic mass is 79.9. The van der Waals surface area contributed by atoms with Crippen LogP contribution in [0.1, 0.15) is 11.1 Å². The van der Waals surface area contributed by atoms with Gasteiger partial charge in [0.1, 0.15) is 24.7 Å². The molecule has 5 nitrogen and oxygen atoms in total. The second-order valence-electron chi connectivity index (χ2n) is 6.94. The van der Waals surface area contributed by atoms with Crippen LogP contribution in [0.5, 0.6) is 11.5 Å². The molecule has 1 heterocycles. The summed E-state index contributed by atoms with van der Waals surface area (Å²) < 4.78 is 12.5. The Hall–Kier alpha value is -3.03. The number of carbonyl (C=O) groups excluding carboxylic acids is 2. The van der Waals surface area contributed by atoms with Gasteiger partial charge in [-0.3, -0.25) is 14.5 Å². The number of nitrogens with zero attached hydrogens (tertiary/aromatic N) is 1. The lowest BCUT2D eigenvalue weighted by Gasteiger charge is -2.12. The van der Waals surface area contributed by atoms with E-state index in [1.165, 1.54) is 4.90 Å². The molecule has 1 saturated heterocycles. The normalized spacial score (nSPS) is 14.8. The number of thioether (sulfide) groups is 1. The van der Waals surface area contributed by atoms with Crippen LogP contribution in [0.15, 0.2) is 88.2 Å². The zero-order valence-corrected chi connectivity index (χ0v) is 19.5. The number of carbonyl (C=O) groups is 2. The highest BCUT2D eigenvalue weighted by Gasteiger charge is 2.35. The molecule has 0 bridgehead atoms. The quantitative estimate of drug-likeness (QED) is 0.269. The van der Waals surface area contributed by atoms with Gasteiger partial charge in [0.2, 0.25) is 0 Å². The van der Waals surface area contributed by atoms with E-state index in [9.17, 15) is 9.59 Å². The van der Waals surface area contributed by atoms with Gasteiger partial charge in [-0.15, -0.1) is 0 Å². The van der Waals surface area contributed by atoms with Crippen molar-refractivity contribution in [1.82, 2.24) is 4.90 Å². The Morgan fingerprint density at radius 3 is 2.31 bits per heavy atom. The van der Waals surface area contributed by atoms with E-state index in [1.807, 2.05) is 78.9 Å². The van der Waals surface area contributed by atoms with Crippen LogP contribution in [0.2, 0.25) is 0 Å². The maximum Gasteiger partial charge on any atom is 0.293 e. The van der Waals surface area contributed by atoms with Gasteiger partial charge >= 0.3 is 0 Å². The van der Waals surface area contributed by atoms with Crippen LogP contribution in [-0.4, -0.2) is 29.3 Å². The zero-order chi connectivity index (χ0) is 22.3. The second kappa shape index (κ2) is 10.5. The van der Waals surface area contributed by atoms with E-state index in [2.05, 4.69) is 15.9 Å². The summed E-state index contributed by atoms with van der Waals surface area (Å²) in [5, 5.41) is -0.279. The van der Waals surface area contributed by atoms with E-state index in [-0.39, 0.29) is 17.7 Å². The number of hydrogen-bond donors (Lipinski definition) is 0. The predicted octanol–water partition coefficient (Wildman–Crippen LogP) is 6.14. The number of amides is 2. The highest BCUT2D eigenvalue weighted by Crippen LogP contribution is 2.35. The average molecular weight is 510 g/mol. The number of halogens is 1. The summed E-state index contributed by atoms with van der Waals surface area (Å²) in [7, 11) is 0. The summed E-state index contributed by atoms with van der Waals surface area (Å²) in [5.74, 6) is 1.11. The molecule has 162 valence electrons. The van der Waals surface area contributed by atoms with Gasteiger partial charge in [-0.2, -0.15) is 0 Å². The smallest absolute Gasteiger partial charge is 0.293 e. The SMILES string of the molecule is O=C1S/C(=C\c2ccccc2OCCOc2ccccc2)C(=O)N1Cc1ccc(Br)cc1. The van der Waals surface area contributed by atoms with Gasteiger partial charge in [0.25, 0.3) is 11.1 Å². The van der Waals surface area contributed by atoms with Gasteiger partial charge in [-0.25, -0.2) is 0 Å². The second-order valence-corrected chi connectivity index (χ2v) is 8.85. The lowest BCUT2D eigenvalue weighted by atomic mass is 10.1. The Kier molecular flexibility index (Phi) is 7.29. The first kappa shape index (κ1) is 22.2. The van der Waals surface area contributed by atoms with Crippen molar-refractivity contribution < 1.29 is 19.1 Å². The van der Waals surface area contributed by atoms with Crippen LogP contribution in [0.25, 0.3) is 6.08 Å². The number of hydrogen-bond acceptors (Lipinski definition) is 5. The van der Waals surface area contributed by atoms with Gasteiger partial charge in [0.05, 0.1) is 11.4 Å². The van der Waals surface area contributed by atoms with Gasteiger partial charge < -0.3 is 9.47 Å². The fourth-order valence-electron chi connectivity index (χ4n) is 3.11. The van der Waals surface area contributed by atoms with Crippen molar-refractivity contribution in [3.05, 3.63) is 99.4 Å². The summed E-state index contributed by atoms with van der Waals surface area (Å²) in [4.78, 5) is 27.0. The maximum atomic E-state index is 12.9. The van der Waals surface area contributed by atoms with Crippen LogP contribution >= 0.6 is 27.7 Å². The largest absolute Gasteiger partial charge is 0.490 e. The van der Waals surface area contributed by atoms with Crippen LogP contribution in [0.3, 0.4) is 0 Å². The van der Waals surface area contributed by atoms with E-state index in [4.69, 9.17) is 9.47 Å². The molecule has 0 aliphatic carbocycles. The van der Waals surface area contributed by atoms with E-state index < -0.39 is 0 Å². The molecule has 7 heteroatoms. The first-order chi connectivity index (χ1) is 15.6. The fourth-order valence-corrected chi connectivity index (χ4v) is 4.20. The summed E-state index contributed by atoms with van der Waals surface area (Å²) in [6.07, 6.45) is 1.71. The Balaban J connectivity index is 1.41. The maximum absolute atomic E-state index is 12.9. The van der Waals surface area contributed by atoms with E-state index >= 15 is 0 Å². The number of rotatable bonds is 8. The Labute approximate surface area is 199 Å². The van der Waals surface area contributed by atoms with Gasteiger partial charge in [0.15, 0.2) is 0 Å². The van der Waals surface area contributed by atoms with Crippen molar-refractivity contribution in [1.29, 1.82) is 0 Å². The van der Waals surface area contributed by atoms with Gasteiger partial charge in [-0.1, -0.05) is 64.5 Å². The first-order valence-electron chi connectivity index (χ1n) is 9.99. The molecular formula is C25H20BrNO4S. The molecular weight excluding hydrogens is 490 g/mol. The van der Waals surface area contributed by atoms with Crippen LogP contribution in [-0.2, 0) is 11.3 Å². The molecule has 4 rings (SSSR count). The standard InChI is InChI=1S/C25H20BrNO4S/c26-20-12-10-18(11-13-20)17-27-24(28)23(32-25(27)29)16-19-6-4-5-9-22(19)31-15-14-30-21-7-2-1-3-8-21/h1-13,16H,14-15,17H2/b23-16-. The van der Waals surface area contributed by atoms with E-state index in [0.717, 1.165) is 33.1 Å². The van der Waals surface area contributed by atoms with Crippen molar-refractivity contribution in [2.75, 3.05) is 13.2 Å². The number of imide groups is 1. The Morgan fingerprint density at radius 2 is 1.53 bits per heavy atom. The molecule has 1 aliphatic rings. The molecule has 0 aromatic heterocycles. The molecule has 2 amide bonds. The number of para-hydroxylation sites is 2. The summed E-state index contributed by atoms with van der Waals surface area (Å²) in [6.45, 7) is 0.983. The topological polar surface area (TPSA) is 55.8 Å². The first-order valence-corrected chi connectivity index (χ1v) is 11.6. The zero-order valence-electron chi connectivity index (χ0n) is 17.1. The Morgan fingerprint density at radius 1 is 0.844 bits per heavy atom. The van der Waals surface area contributed by atoms with Crippen molar-refractivity contribution in [2.45, 2.75) is 6.54 Å².